The van der Waals surface area contributed by atoms with Gasteiger partial charge < -0.3 is 14.4 Å². The van der Waals surface area contributed by atoms with Gasteiger partial charge in [0.05, 0.1) is 30.8 Å². The molecule has 1 aromatic heterocycles. The highest BCUT2D eigenvalue weighted by Gasteiger charge is 2.25. The van der Waals surface area contributed by atoms with Crippen LogP contribution < -0.4 is 0 Å². The molecule has 2 heterocycles. The molecule has 1 atom stereocenters. The molecule has 0 radical (unpaired) electrons. The van der Waals surface area contributed by atoms with Gasteiger partial charge in [0, 0.05) is 19.7 Å². The standard InChI is InChI=1S/C14H20N2O4S/c1-10-13(21-9-15-10)14(18)16(6-5-12(17)19-2)8-11-4-3-7-20-11/h9,11H,3-8H2,1-2H3. The lowest BCUT2D eigenvalue weighted by Crippen LogP contribution is -2.38. The lowest BCUT2D eigenvalue weighted by Gasteiger charge is -2.24. The largest absolute Gasteiger partial charge is 0.469 e. The molecule has 21 heavy (non-hydrogen) atoms. The molecular weight excluding hydrogens is 292 g/mol. The molecular formula is C14H20N2O4S. The molecule has 1 unspecified atom stereocenters. The predicted molar refractivity (Wildman–Crippen MR) is 78.4 cm³/mol. The molecule has 6 nitrogen and oxygen atoms in total. The average molecular weight is 312 g/mol. The number of methoxy groups -OCH3 is 1. The van der Waals surface area contributed by atoms with E-state index in [0.29, 0.717) is 18.0 Å². The van der Waals surface area contributed by atoms with Crippen LogP contribution in [0.4, 0.5) is 0 Å². The van der Waals surface area contributed by atoms with E-state index < -0.39 is 0 Å². The first-order valence-electron chi connectivity index (χ1n) is 6.99. The maximum atomic E-state index is 12.6. The average Bonchev–Trinajstić information content (AvgIpc) is 3.13. The van der Waals surface area contributed by atoms with Crippen LogP contribution in [0.25, 0.3) is 0 Å². The van der Waals surface area contributed by atoms with Crippen LogP contribution in [0.3, 0.4) is 0 Å². The molecule has 0 aliphatic carbocycles. The molecule has 0 aromatic carbocycles. The Morgan fingerprint density at radius 1 is 1.57 bits per heavy atom. The maximum Gasteiger partial charge on any atom is 0.307 e. The van der Waals surface area contributed by atoms with Crippen LogP contribution in [0.5, 0.6) is 0 Å². The number of aromatic nitrogens is 1. The lowest BCUT2D eigenvalue weighted by atomic mass is 10.2. The van der Waals surface area contributed by atoms with E-state index in [0.717, 1.165) is 25.1 Å². The van der Waals surface area contributed by atoms with Crippen LogP contribution in [0.15, 0.2) is 5.51 Å². The van der Waals surface area contributed by atoms with E-state index >= 15 is 0 Å². The number of carbonyl (C=O) groups is 2. The lowest BCUT2D eigenvalue weighted by molar-refractivity contribution is -0.140. The fourth-order valence-corrected chi connectivity index (χ4v) is 3.06. The van der Waals surface area contributed by atoms with Crippen molar-refractivity contribution >= 4 is 23.2 Å². The topological polar surface area (TPSA) is 68.7 Å². The van der Waals surface area contributed by atoms with Crippen molar-refractivity contribution in [3.8, 4) is 0 Å². The van der Waals surface area contributed by atoms with Crippen molar-refractivity contribution in [1.29, 1.82) is 0 Å². The Morgan fingerprint density at radius 3 is 2.95 bits per heavy atom. The number of thiazole rings is 1. The van der Waals surface area contributed by atoms with E-state index in [1.807, 2.05) is 6.92 Å². The smallest absolute Gasteiger partial charge is 0.307 e. The summed E-state index contributed by atoms with van der Waals surface area (Å²) in [7, 11) is 1.35. The van der Waals surface area contributed by atoms with Crippen LogP contribution in [-0.2, 0) is 14.3 Å². The number of esters is 1. The first kappa shape index (κ1) is 15.9. The zero-order valence-corrected chi connectivity index (χ0v) is 13.1. The quantitative estimate of drug-likeness (QED) is 0.747. The number of aryl methyl sites for hydroxylation is 1. The summed E-state index contributed by atoms with van der Waals surface area (Å²) in [5.41, 5.74) is 2.38. The molecule has 1 aliphatic rings. The second kappa shape index (κ2) is 7.51. The molecule has 0 N–H and O–H groups in total. The van der Waals surface area contributed by atoms with E-state index in [-0.39, 0.29) is 24.4 Å². The van der Waals surface area contributed by atoms with E-state index in [2.05, 4.69) is 9.72 Å². The van der Waals surface area contributed by atoms with Gasteiger partial charge in [0.2, 0.25) is 0 Å². The fraction of sp³-hybridized carbons (Fsp3) is 0.643. The zero-order chi connectivity index (χ0) is 15.2. The molecule has 1 saturated heterocycles. The number of nitrogens with zero attached hydrogens (tertiary/aromatic N) is 2. The van der Waals surface area contributed by atoms with Crippen molar-refractivity contribution in [2.45, 2.75) is 32.3 Å². The van der Waals surface area contributed by atoms with E-state index in [1.54, 1.807) is 10.4 Å². The third kappa shape index (κ3) is 4.25. The Balaban J connectivity index is 2.04. The summed E-state index contributed by atoms with van der Waals surface area (Å²) < 4.78 is 10.2. The van der Waals surface area contributed by atoms with Crippen LogP contribution in [-0.4, -0.2) is 54.7 Å². The van der Waals surface area contributed by atoms with Gasteiger partial charge in [-0.3, -0.25) is 9.59 Å². The molecule has 1 aromatic rings. The monoisotopic (exact) mass is 312 g/mol. The minimum atomic E-state index is -0.318. The van der Waals surface area contributed by atoms with Crippen LogP contribution >= 0.6 is 11.3 Å². The Labute approximate surface area is 128 Å². The predicted octanol–water partition coefficient (Wildman–Crippen LogP) is 1.64. The minimum Gasteiger partial charge on any atom is -0.469 e. The van der Waals surface area contributed by atoms with Gasteiger partial charge >= 0.3 is 5.97 Å². The van der Waals surface area contributed by atoms with Gasteiger partial charge in [-0.1, -0.05) is 0 Å². The molecule has 0 spiro atoms. The zero-order valence-electron chi connectivity index (χ0n) is 12.3. The van der Waals surface area contributed by atoms with Crippen molar-refractivity contribution < 1.29 is 19.1 Å². The number of carbonyl (C=O) groups excluding carboxylic acids is 2. The molecule has 1 aliphatic heterocycles. The van der Waals surface area contributed by atoms with Crippen molar-refractivity contribution in [2.75, 3.05) is 26.8 Å². The third-order valence-electron chi connectivity index (χ3n) is 3.49. The first-order valence-corrected chi connectivity index (χ1v) is 7.87. The number of ether oxygens (including phenoxy) is 2. The Morgan fingerprint density at radius 2 is 2.38 bits per heavy atom. The minimum absolute atomic E-state index is 0.0554. The van der Waals surface area contributed by atoms with Crippen molar-refractivity contribution in [3.05, 3.63) is 16.1 Å². The normalized spacial score (nSPS) is 17.7. The third-order valence-corrected chi connectivity index (χ3v) is 4.41. The van der Waals surface area contributed by atoms with Crippen molar-refractivity contribution in [1.82, 2.24) is 9.88 Å². The summed E-state index contributed by atoms with van der Waals surface area (Å²) in [5.74, 6) is -0.407. The number of amides is 1. The fourth-order valence-electron chi connectivity index (χ4n) is 2.29. The summed E-state index contributed by atoms with van der Waals surface area (Å²) >= 11 is 1.32. The summed E-state index contributed by atoms with van der Waals surface area (Å²) in [4.78, 5) is 30.3. The molecule has 7 heteroatoms. The van der Waals surface area contributed by atoms with Crippen molar-refractivity contribution in [3.63, 3.8) is 0 Å². The SMILES string of the molecule is COC(=O)CCN(CC1CCCO1)C(=O)c1scnc1C. The van der Waals surface area contributed by atoms with E-state index in [4.69, 9.17) is 4.74 Å². The summed E-state index contributed by atoms with van der Waals surface area (Å²) in [6.07, 6.45) is 2.21. The number of hydrogen-bond donors (Lipinski definition) is 0. The van der Waals surface area contributed by atoms with Crippen LogP contribution in [0, 0.1) is 6.92 Å². The van der Waals surface area contributed by atoms with E-state index in [1.165, 1.54) is 18.4 Å². The Kier molecular flexibility index (Phi) is 5.69. The summed E-state index contributed by atoms with van der Waals surface area (Å²) in [6, 6.07) is 0. The molecule has 1 fully saturated rings. The van der Waals surface area contributed by atoms with Gasteiger partial charge in [-0.2, -0.15) is 0 Å². The van der Waals surface area contributed by atoms with E-state index in [9.17, 15) is 9.59 Å². The highest BCUT2D eigenvalue weighted by molar-refractivity contribution is 7.11. The number of hydrogen-bond acceptors (Lipinski definition) is 6. The van der Waals surface area contributed by atoms with Gasteiger partial charge in [0.15, 0.2) is 0 Å². The Hall–Kier alpha value is -1.47. The second-order valence-electron chi connectivity index (χ2n) is 4.98. The number of rotatable bonds is 6. The first-order chi connectivity index (χ1) is 10.1. The second-order valence-corrected chi connectivity index (χ2v) is 5.83. The van der Waals surface area contributed by atoms with Crippen LogP contribution in [0.1, 0.15) is 34.6 Å². The summed E-state index contributed by atoms with van der Waals surface area (Å²) in [5, 5.41) is 0. The molecule has 0 bridgehead atoms. The molecule has 2 rings (SSSR count). The maximum absolute atomic E-state index is 12.6. The van der Waals surface area contributed by atoms with Gasteiger partial charge in [0.1, 0.15) is 4.88 Å². The Bertz CT molecular complexity index is 497. The van der Waals surface area contributed by atoms with Gasteiger partial charge in [0.25, 0.3) is 5.91 Å². The highest BCUT2D eigenvalue weighted by atomic mass is 32.1. The molecule has 0 saturated carbocycles. The molecule has 116 valence electrons. The van der Waals surface area contributed by atoms with Gasteiger partial charge in [-0.05, 0) is 19.8 Å². The summed E-state index contributed by atoms with van der Waals surface area (Å²) in [6.45, 7) is 3.40. The van der Waals surface area contributed by atoms with Gasteiger partial charge in [-0.25, -0.2) is 4.98 Å². The van der Waals surface area contributed by atoms with Crippen LogP contribution in [0.2, 0.25) is 0 Å². The van der Waals surface area contributed by atoms with Gasteiger partial charge in [-0.15, -0.1) is 11.3 Å². The molecule has 1 amide bonds. The van der Waals surface area contributed by atoms with Crippen molar-refractivity contribution in [2.24, 2.45) is 0 Å². The highest BCUT2D eigenvalue weighted by Crippen LogP contribution is 2.19.